The Labute approximate surface area is 96.0 Å². The zero-order chi connectivity index (χ0) is 11.1. The molecule has 0 spiro atoms. The minimum absolute atomic E-state index is 0.650. The van der Waals surface area contributed by atoms with Crippen molar-refractivity contribution in [3.63, 3.8) is 0 Å². The number of pyridine rings is 1. The number of rotatable bonds is 6. The predicted molar refractivity (Wildman–Crippen MR) is 64.0 cm³/mol. The zero-order valence-corrected chi connectivity index (χ0v) is 10.00. The van der Waals surface area contributed by atoms with Gasteiger partial charge in [0, 0.05) is 36.9 Å². The van der Waals surface area contributed by atoms with Crippen molar-refractivity contribution in [1.29, 1.82) is 0 Å². The molecule has 0 aliphatic rings. The number of nitrogens with zero attached hydrogens (tertiary/aromatic N) is 2. The minimum atomic E-state index is 0.650. The maximum atomic E-state index is 5.68. The van der Waals surface area contributed by atoms with Crippen molar-refractivity contribution in [1.82, 2.24) is 4.98 Å². The van der Waals surface area contributed by atoms with E-state index in [2.05, 4.69) is 16.8 Å². The van der Waals surface area contributed by atoms with E-state index in [1.165, 1.54) is 0 Å². The summed E-state index contributed by atoms with van der Waals surface area (Å²) < 4.78 is 5.09. The Hall–Kier alpha value is -0.960. The fourth-order valence-electron chi connectivity index (χ4n) is 1.43. The van der Waals surface area contributed by atoms with Crippen molar-refractivity contribution in [3.8, 4) is 5.88 Å². The van der Waals surface area contributed by atoms with Crippen LogP contribution < -0.4 is 9.64 Å². The summed E-state index contributed by atoms with van der Waals surface area (Å²) in [7, 11) is 1.63. The Morgan fingerprint density at radius 3 is 2.93 bits per heavy atom. The van der Waals surface area contributed by atoms with Crippen LogP contribution in [0.4, 0.5) is 5.69 Å². The Bertz CT molecular complexity index is 294. The van der Waals surface area contributed by atoms with Gasteiger partial charge in [-0.2, -0.15) is 0 Å². The van der Waals surface area contributed by atoms with Crippen LogP contribution >= 0.6 is 11.6 Å². The third-order valence-electron chi connectivity index (χ3n) is 2.24. The van der Waals surface area contributed by atoms with Gasteiger partial charge in [0.15, 0.2) is 0 Å². The summed E-state index contributed by atoms with van der Waals surface area (Å²) in [5.74, 6) is 1.34. The molecule has 15 heavy (non-hydrogen) atoms. The minimum Gasteiger partial charge on any atom is -0.481 e. The lowest BCUT2D eigenvalue weighted by molar-refractivity contribution is 0.398. The summed E-state index contributed by atoms with van der Waals surface area (Å²) in [5.41, 5.74) is 1.13. The molecule has 1 aromatic heterocycles. The van der Waals surface area contributed by atoms with Crippen LogP contribution in [-0.4, -0.2) is 31.1 Å². The largest absolute Gasteiger partial charge is 0.481 e. The Kier molecular flexibility index (Phi) is 5.26. The molecule has 0 amide bonds. The van der Waals surface area contributed by atoms with Gasteiger partial charge in [-0.05, 0) is 19.4 Å². The van der Waals surface area contributed by atoms with E-state index >= 15 is 0 Å². The number of alkyl halides is 1. The number of hydrogen-bond acceptors (Lipinski definition) is 3. The highest BCUT2D eigenvalue weighted by Gasteiger charge is 2.04. The molecule has 84 valence electrons. The number of ether oxygens (including phenoxy) is 1. The summed E-state index contributed by atoms with van der Waals surface area (Å²) in [6.45, 7) is 4.05. The molecule has 1 rings (SSSR count). The monoisotopic (exact) mass is 228 g/mol. The van der Waals surface area contributed by atoms with Crippen molar-refractivity contribution in [2.45, 2.75) is 13.3 Å². The second kappa shape index (κ2) is 6.51. The highest BCUT2D eigenvalue weighted by atomic mass is 35.5. The van der Waals surface area contributed by atoms with E-state index in [-0.39, 0.29) is 0 Å². The van der Waals surface area contributed by atoms with Crippen molar-refractivity contribution in [2.24, 2.45) is 0 Å². The standard InChI is InChI=1S/C11H17ClN2O/c1-3-14(8-4-6-12)10-5-7-13-11(9-10)15-2/h5,7,9H,3-4,6,8H2,1-2H3. The first-order valence-electron chi connectivity index (χ1n) is 5.12. The fourth-order valence-corrected chi connectivity index (χ4v) is 1.55. The normalized spacial score (nSPS) is 10.1. The quantitative estimate of drug-likeness (QED) is 0.700. The van der Waals surface area contributed by atoms with Gasteiger partial charge in [-0.1, -0.05) is 0 Å². The van der Waals surface area contributed by atoms with Crippen LogP contribution in [0.3, 0.4) is 0 Å². The third kappa shape index (κ3) is 3.59. The average Bonchev–Trinajstić information content (AvgIpc) is 2.30. The lowest BCUT2D eigenvalue weighted by Gasteiger charge is -2.22. The third-order valence-corrected chi connectivity index (χ3v) is 2.50. The second-order valence-electron chi connectivity index (χ2n) is 3.18. The molecule has 3 nitrogen and oxygen atoms in total. The number of halogens is 1. The zero-order valence-electron chi connectivity index (χ0n) is 9.24. The molecule has 0 saturated carbocycles. The second-order valence-corrected chi connectivity index (χ2v) is 3.56. The van der Waals surface area contributed by atoms with Crippen LogP contribution in [0, 0.1) is 0 Å². The molecule has 4 heteroatoms. The molecule has 0 N–H and O–H groups in total. The molecule has 0 bridgehead atoms. The summed E-state index contributed by atoms with van der Waals surface area (Å²) in [6.07, 6.45) is 2.75. The topological polar surface area (TPSA) is 25.4 Å². The van der Waals surface area contributed by atoms with Crippen LogP contribution in [0.15, 0.2) is 18.3 Å². The molecule has 0 aliphatic carbocycles. The van der Waals surface area contributed by atoms with E-state index in [1.807, 2.05) is 12.1 Å². The molecule has 0 saturated heterocycles. The van der Waals surface area contributed by atoms with E-state index < -0.39 is 0 Å². The lowest BCUT2D eigenvalue weighted by atomic mass is 10.3. The molecule has 0 atom stereocenters. The fraction of sp³-hybridized carbons (Fsp3) is 0.545. The average molecular weight is 229 g/mol. The first-order valence-corrected chi connectivity index (χ1v) is 5.66. The lowest BCUT2D eigenvalue weighted by Crippen LogP contribution is -2.24. The molecule has 1 heterocycles. The van der Waals surface area contributed by atoms with Crippen LogP contribution in [0.2, 0.25) is 0 Å². The Balaban J connectivity index is 2.72. The molecule has 0 aliphatic heterocycles. The van der Waals surface area contributed by atoms with Gasteiger partial charge >= 0.3 is 0 Å². The molecular formula is C11H17ClN2O. The smallest absolute Gasteiger partial charge is 0.214 e. The molecule has 0 aromatic carbocycles. The Morgan fingerprint density at radius 1 is 1.53 bits per heavy atom. The van der Waals surface area contributed by atoms with Crippen molar-refractivity contribution >= 4 is 17.3 Å². The highest BCUT2D eigenvalue weighted by Crippen LogP contribution is 2.18. The van der Waals surface area contributed by atoms with E-state index in [0.717, 1.165) is 25.2 Å². The molecule has 0 unspecified atom stereocenters. The van der Waals surface area contributed by atoms with Gasteiger partial charge in [-0.3, -0.25) is 0 Å². The molecule has 0 fully saturated rings. The van der Waals surface area contributed by atoms with E-state index in [4.69, 9.17) is 16.3 Å². The molecule has 0 radical (unpaired) electrons. The van der Waals surface area contributed by atoms with E-state index in [9.17, 15) is 0 Å². The number of aromatic nitrogens is 1. The van der Waals surface area contributed by atoms with Crippen LogP contribution in [0.25, 0.3) is 0 Å². The first kappa shape index (κ1) is 12.1. The predicted octanol–water partition coefficient (Wildman–Crippen LogP) is 2.55. The summed E-state index contributed by atoms with van der Waals surface area (Å²) in [5, 5.41) is 0. The van der Waals surface area contributed by atoms with Crippen LogP contribution in [0.5, 0.6) is 5.88 Å². The SMILES string of the molecule is CCN(CCCCl)c1ccnc(OC)c1. The molecular weight excluding hydrogens is 212 g/mol. The maximum absolute atomic E-state index is 5.68. The highest BCUT2D eigenvalue weighted by molar-refractivity contribution is 6.17. The number of anilines is 1. The van der Waals surface area contributed by atoms with Gasteiger partial charge in [0.2, 0.25) is 5.88 Å². The van der Waals surface area contributed by atoms with Gasteiger partial charge < -0.3 is 9.64 Å². The van der Waals surface area contributed by atoms with Gasteiger partial charge in [-0.15, -0.1) is 11.6 Å². The van der Waals surface area contributed by atoms with Gasteiger partial charge in [0.05, 0.1) is 7.11 Å². The van der Waals surface area contributed by atoms with Gasteiger partial charge in [0.25, 0.3) is 0 Å². The van der Waals surface area contributed by atoms with E-state index in [0.29, 0.717) is 11.8 Å². The maximum Gasteiger partial charge on any atom is 0.214 e. The van der Waals surface area contributed by atoms with Gasteiger partial charge in [0.1, 0.15) is 0 Å². The summed E-state index contributed by atoms with van der Waals surface area (Å²) in [4.78, 5) is 6.34. The number of methoxy groups -OCH3 is 1. The van der Waals surface area contributed by atoms with Crippen LogP contribution in [-0.2, 0) is 0 Å². The summed E-state index contributed by atoms with van der Waals surface area (Å²) >= 11 is 5.68. The van der Waals surface area contributed by atoms with Crippen molar-refractivity contribution in [3.05, 3.63) is 18.3 Å². The van der Waals surface area contributed by atoms with E-state index in [1.54, 1.807) is 13.3 Å². The first-order chi connectivity index (χ1) is 7.31. The van der Waals surface area contributed by atoms with Crippen molar-refractivity contribution in [2.75, 3.05) is 31.0 Å². The Morgan fingerprint density at radius 2 is 2.33 bits per heavy atom. The van der Waals surface area contributed by atoms with Gasteiger partial charge in [-0.25, -0.2) is 4.98 Å². The summed E-state index contributed by atoms with van der Waals surface area (Å²) in [6, 6.07) is 3.93. The molecule has 1 aromatic rings. The number of hydrogen-bond donors (Lipinski definition) is 0. The van der Waals surface area contributed by atoms with Crippen molar-refractivity contribution < 1.29 is 4.74 Å². The van der Waals surface area contributed by atoms with Crippen LogP contribution in [0.1, 0.15) is 13.3 Å².